The number of H-pyrrole nitrogens is 1. The molecule has 0 bridgehead atoms. The zero-order chi connectivity index (χ0) is 18.9. The van der Waals surface area contributed by atoms with E-state index in [4.69, 9.17) is 5.11 Å². The molecule has 3 aromatic rings. The molecule has 0 aliphatic rings. The zero-order valence-corrected chi connectivity index (χ0v) is 17.2. The molecule has 0 aliphatic carbocycles. The highest BCUT2D eigenvalue weighted by Crippen LogP contribution is 2.28. The zero-order valence-electron chi connectivity index (χ0n) is 15.6. The van der Waals surface area contributed by atoms with E-state index in [9.17, 15) is 0 Å². The highest BCUT2D eigenvalue weighted by molar-refractivity contribution is 7.99. The molecule has 144 valence electrons. The predicted molar refractivity (Wildman–Crippen MR) is 115 cm³/mol. The van der Waals surface area contributed by atoms with Crippen LogP contribution in [0.5, 0.6) is 0 Å². The average Bonchev–Trinajstić information content (AvgIpc) is 3.10. The number of hydrogen-bond donors (Lipinski definition) is 3. The molecule has 2 aromatic heterocycles. The molecule has 0 saturated heterocycles. The van der Waals surface area contributed by atoms with Crippen LogP contribution in [0.3, 0.4) is 0 Å². The van der Waals surface area contributed by atoms with E-state index in [1.54, 1.807) is 11.8 Å². The number of aromatic amines is 1. The van der Waals surface area contributed by atoms with Crippen LogP contribution in [0.15, 0.2) is 46.6 Å². The summed E-state index contributed by atoms with van der Waals surface area (Å²) in [6.45, 7) is 4.29. The number of aromatic nitrogens is 3. The van der Waals surface area contributed by atoms with Crippen molar-refractivity contribution in [3.63, 3.8) is 0 Å². The molecule has 3 N–H and O–H groups in total. The number of rotatable bonds is 11. The van der Waals surface area contributed by atoms with E-state index in [0.29, 0.717) is 0 Å². The Balaban J connectivity index is 1.50. The van der Waals surface area contributed by atoms with Gasteiger partial charge in [0.1, 0.15) is 0 Å². The third-order valence-corrected chi connectivity index (χ3v) is 6.37. The van der Waals surface area contributed by atoms with Crippen LogP contribution < -0.4 is 5.32 Å². The highest BCUT2D eigenvalue weighted by Gasteiger charge is 2.09. The summed E-state index contributed by atoms with van der Waals surface area (Å²) in [5.74, 6) is 1.88. The van der Waals surface area contributed by atoms with Crippen LogP contribution >= 0.6 is 23.5 Å². The standard InChI is InChI=1S/C20H26N4OS2/c1-15-18(14-27-20-23-16-6-2-3-7-17(16)24-20)22-11-8-19(15)26-13-5-10-21-9-4-12-25/h2-3,6-8,11,21,25H,4-5,9-10,12-14H2,1H3,(H,23,24). The van der Waals surface area contributed by atoms with Crippen LogP contribution in [0.4, 0.5) is 0 Å². The molecule has 0 fully saturated rings. The smallest absolute Gasteiger partial charge is 0.166 e. The molecule has 0 atom stereocenters. The Labute approximate surface area is 168 Å². The molecule has 1 aromatic carbocycles. The average molecular weight is 403 g/mol. The Morgan fingerprint density at radius 3 is 2.81 bits per heavy atom. The number of nitrogens with one attached hydrogen (secondary N) is 2. The van der Waals surface area contributed by atoms with E-state index in [2.05, 4.69) is 33.3 Å². The monoisotopic (exact) mass is 402 g/mol. The number of aliphatic hydroxyl groups excluding tert-OH is 1. The quantitative estimate of drug-likeness (QED) is 0.332. The minimum absolute atomic E-state index is 0.257. The van der Waals surface area contributed by atoms with Gasteiger partial charge in [-0.25, -0.2) is 4.98 Å². The molecule has 2 heterocycles. The van der Waals surface area contributed by atoms with Gasteiger partial charge < -0.3 is 15.4 Å². The van der Waals surface area contributed by atoms with Gasteiger partial charge >= 0.3 is 0 Å². The molecule has 0 amide bonds. The van der Waals surface area contributed by atoms with Crippen LogP contribution in [0.25, 0.3) is 11.0 Å². The summed E-state index contributed by atoms with van der Waals surface area (Å²) in [6.07, 6.45) is 3.84. The number of thioether (sulfide) groups is 2. The molecule has 0 aliphatic heterocycles. The van der Waals surface area contributed by atoms with Crippen molar-refractivity contribution in [2.24, 2.45) is 0 Å². The summed E-state index contributed by atoms with van der Waals surface area (Å²) in [7, 11) is 0. The number of benzene rings is 1. The molecule has 7 heteroatoms. The first kappa shape index (κ1) is 20.2. The molecule has 0 saturated carbocycles. The highest BCUT2D eigenvalue weighted by atomic mass is 32.2. The van der Waals surface area contributed by atoms with Gasteiger partial charge in [-0.15, -0.1) is 11.8 Å². The van der Waals surface area contributed by atoms with Crippen LogP contribution in [0, 0.1) is 6.92 Å². The van der Waals surface area contributed by atoms with Gasteiger partial charge in [0.25, 0.3) is 0 Å². The van der Waals surface area contributed by atoms with Gasteiger partial charge in [0.05, 0.1) is 16.7 Å². The van der Waals surface area contributed by atoms with E-state index in [1.165, 1.54) is 10.5 Å². The SMILES string of the molecule is Cc1c(SCCCNCCCO)ccnc1CSc1nc2ccccc2[nH]1. The fraction of sp³-hybridized carbons (Fsp3) is 0.400. The van der Waals surface area contributed by atoms with Crippen molar-refractivity contribution in [3.8, 4) is 0 Å². The summed E-state index contributed by atoms with van der Waals surface area (Å²) in [4.78, 5) is 13.9. The number of hydrogen-bond acceptors (Lipinski definition) is 6. The predicted octanol–water partition coefficient (Wildman–Crippen LogP) is 4.01. The minimum atomic E-state index is 0.257. The maximum atomic E-state index is 8.77. The third kappa shape index (κ3) is 5.97. The molecular formula is C20H26N4OS2. The number of nitrogens with zero attached hydrogens (tertiary/aromatic N) is 2. The first-order valence-electron chi connectivity index (χ1n) is 9.24. The van der Waals surface area contributed by atoms with Crippen LogP contribution in [-0.2, 0) is 5.75 Å². The Hall–Kier alpha value is -1.54. The molecule has 0 unspecified atom stereocenters. The van der Waals surface area contributed by atoms with Gasteiger partial charge in [0.15, 0.2) is 5.16 Å². The van der Waals surface area contributed by atoms with Crippen LogP contribution in [-0.4, -0.2) is 45.5 Å². The summed E-state index contributed by atoms with van der Waals surface area (Å²) < 4.78 is 0. The van der Waals surface area contributed by atoms with Crippen molar-refractivity contribution >= 4 is 34.6 Å². The number of imidazole rings is 1. The molecule has 27 heavy (non-hydrogen) atoms. The second-order valence-corrected chi connectivity index (χ2v) is 8.36. The molecular weight excluding hydrogens is 376 g/mol. The van der Waals surface area contributed by atoms with Gasteiger partial charge in [-0.05, 0) is 62.4 Å². The van der Waals surface area contributed by atoms with Gasteiger partial charge in [-0.2, -0.15) is 0 Å². The van der Waals surface area contributed by atoms with Crippen molar-refractivity contribution in [3.05, 3.63) is 47.8 Å². The van der Waals surface area contributed by atoms with E-state index in [-0.39, 0.29) is 6.61 Å². The number of pyridine rings is 1. The van der Waals surface area contributed by atoms with Crippen LogP contribution in [0.2, 0.25) is 0 Å². The van der Waals surface area contributed by atoms with Gasteiger partial charge in [-0.1, -0.05) is 23.9 Å². The van der Waals surface area contributed by atoms with Gasteiger partial charge in [0, 0.05) is 23.5 Å². The Bertz CT molecular complexity index is 820. The minimum Gasteiger partial charge on any atom is -0.396 e. The lowest BCUT2D eigenvalue weighted by molar-refractivity contribution is 0.286. The summed E-state index contributed by atoms with van der Waals surface area (Å²) in [5.41, 5.74) is 4.45. The number of para-hydroxylation sites is 2. The fourth-order valence-corrected chi connectivity index (χ4v) is 4.61. The first-order chi connectivity index (χ1) is 13.3. The normalized spacial score (nSPS) is 11.3. The lowest BCUT2D eigenvalue weighted by atomic mass is 10.2. The Morgan fingerprint density at radius 2 is 1.96 bits per heavy atom. The second-order valence-electron chi connectivity index (χ2n) is 6.26. The number of aliphatic hydroxyl groups is 1. The van der Waals surface area contributed by atoms with Crippen molar-refractivity contribution in [1.82, 2.24) is 20.3 Å². The molecule has 0 radical (unpaired) electrons. The van der Waals surface area contributed by atoms with Crippen molar-refractivity contribution in [2.45, 2.75) is 35.6 Å². The summed E-state index contributed by atoms with van der Waals surface area (Å²) in [6, 6.07) is 10.2. The van der Waals surface area contributed by atoms with Crippen molar-refractivity contribution in [1.29, 1.82) is 0 Å². The first-order valence-corrected chi connectivity index (χ1v) is 11.2. The topological polar surface area (TPSA) is 73.8 Å². The van der Waals surface area contributed by atoms with E-state index >= 15 is 0 Å². The fourth-order valence-electron chi connectivity index (χ4n) is 2.70. The van der Waals surface area contributed by atoms with E-state index in [0.717, 1.165) is 59.3 Å². The Kier molecular flexibility index (Phi) is 8.01. The number of fused-ring (bicyclic) bond motifs is 1. The van der Waals surface area contributed by atoms with E-state index < -0.39 is 0 Å². The maximum absolute atomic E-state index is 8.77. The van der Waals surface area contributed by atoms with Gasteiger partial charge in [0.2, 0.25) is 0 Å². The van der Waals surface area contributed by atoms with Gasteiger partial charge in [-0.3, -0.25) is 4.98 Å². The molecule has 5 nitrogen and oxygen atoms in total. The lowest BCUT2D eigenvalue weighted by Gasteiger charge is -2.10. The second kappa shape index (κ2) is 10.7. The van der Waals surface area contributed by atoms with Crippen LogP contribution in [0.1, 0.15) is 24.1 Å². The van der Waals surface area contributed by atoms with Crippen molar-refractivity contribution in [2.75, 3.05) is 25.4 Å². The third-order valence-electron chi connectivity index (χ3n) is 4.24. The summed E-state index contributed by atoms with van der Waals surface area (Å²) in [5, 5.41) is 13.1. The van der Waals surface area contributed by atoms with E-state index in [1.807, 2.05) is 42.2 Å². The van der Waals surface area contributed by atoms with Crippen molar-refractivity contribution < 1.29 is 5.11 Å². The maximum Gasteiger partial charge on any atom is 0.166 e. The summed E-state index contributed by atoms with van der Waals surface area (Å²) >= 11 is 3.58. The largest absolute Gasteiger partial charge is 0.396 e. The Morgan fingerprint density at radius 1 is 1.11 bits per heavy atom. The molecule has 3 rings (SSSR count). The lowest BCUT2D eigenvalue weighted by Crippen LogP contribution is -2.18. The molecule has 0 spiro atoms.